The van der Waals surface area contributed by atoms with Crippen molar-refractivity contribution < 1.29 is 18.3 Å². The molecule has 0 amide bonds. The molecule has 0 aromatic heterocycles. The summed E-state index contributed by atoms with van der Waals surface area (Å²) in [6, 6.07) is 13.2. The Morgan fingerprint density at radius 2 is 2.00 bits per heavy atom. The van der Waals surface area contributed by atoms with E-state index in [1.165, 1.54) is 12.1 Å². The van der Waals surface area contributed by atoms with Gasteiger partial charge in [0.05, 0.1) is 17.5 Å². The first kappa shape index (κ1) is 14.1. The molecule has 21 heavy (non-hydrogen) atoms. The quantitative estimate of drug-likeness (QED) is 0.899. The van der Waals surface area contributed by atoms with E-state index in [1.54, 1.807) is 12.1 Å². The van der Waals surface area contributed by atoms with Crippen LogP contribution in [0.2, 0.25) is 0 Å². The zero-order chi connectivity index (χ0) is 14.9. The van der Waals surface area contributed by atoms with Gasteiger partial charge in [0.15, 0.2) is 0 Å². The molecule has 0 radical (unpaired) electrons. The summed E-state index contributed by atoms with van der Waals surface area (Å²) in [5.41, 5.74) is 1.39. The molecule has 6 heteroatoms. The lowest BCUT2D eigenvalue weighted by Crippen LogP contribution is -2.29. The summed E-state index contributed by atoms with van der Waals surface area (Å²) < 4.78 is 33.0. The van der Waals surface area contributed by atoms with Crippen LogP contribution in [0.1, 0.15) is 17.2 Å². The molecule has 0 fully saturated rings. The average Bonchev–Trinajstić information content (AvgIpc) is 2.90. The van der Waals surface area contributed by atoms with E-state index < -0.39 is 16.1 Å². The molecule has 0 saturated carbocycles. The topological polar surface area (TPSA) is 75.6 Å². The number of hydrogen-bond donors (Lipinski definition) is 2. The number of nitrogens with one attached hydrogen (secondary N) is 1. The molecular formula is C15H15NO4S. The number of benzene rings is 2. The van der Waals surface area contributed by atoms with Crippen molar-refractivity contribution >= 4 is 10.0 Å². The molecule has 0 aliphatic carbocycles. The van der Waals surface area contributed by atoms with Gasteiger partial charge in [-0.15, -0.1) is 0 Å². The van der Waals surface area contributed by atoms with Crippen LogP contribution in [0, 0.1) is 0 Å². The lowest BCUT2D eigenvalue weighted by Gasteiger charge is -2.13. The highest BCUT2D eigenvalue weighted by molar-refractivity contribution is 7.89. The molecular weight excluding hydrogens is 290 g/mol. The number of aliphatic hydroxyl groups is 1. The van der Waals surface area contributed by atoms with Gasteiger partial charge in [0.25, 0.3) is 0 Å². The van der Waals surface area contributed by atoms with Crippen LogP contribution in [0.15, 0.2) is 53.4 Å². The predicted octanol–water partition coefficient (Wildman–Crippen LogP) is 1.59. The van der Waals surface area contributed by atoms with Gasteiger partial charge in [-0.25, -0.2) is 13.1 Å². The van der Waals surface area contributed by atoms with Crippen LogP contribution in [0.25, 0.3) is 0 Å². The minimum absolute atomic E-state index is 0.137. The van der Waals surface area contributed by atoms with Gasteiger partial charge in [0, 0.05) is 5.56 Å². The molecule has 5 nitrogen and oxygen atoms in total. The van der Waals surface area contributed by atoms with E-state index >= 15 is 0 Å². The maximum Gasteiger partial charge on any atom is 0.241 e. The zero-order valence-corrected chi connectivity index (χ0v) is 12.0. The standard InChI is InChI=1S/C15H15NO4S/c17-9-11-4-3-5-12(8-11)21(18,19)16-14-10-20-15-7-2-1-6-13(14)15/h1-8,14,16-17H,9-10H2. The van der Waals surface area contributed by atoms with E-state index in [1.807, 2.05) is 24.3 Å². The highest BCUT2D eigenvalue weighted by Crippen LogP contribution is 2.32. The van der Waals surface area contributed by atoms with Crippen LogP contribution >= 0.6 is 0 Å². The average molecular weight is 305 g/mol. The van der Waals surface area contributed by atoms with Crippen molar-refractivity contribution in [2.45, 2.75) is 17.5 Å². The van der Waals surface area contributed by atoms with Crippen LogP contribution in [-0.2, 0) is 16.6 Å². The molecule has 110 valence electrons. The number of rotatable bonds is 4. The molecule has 3 rings (SSSR count). The number of aliphatic hydroxyl groups excluding tert-OH is 1. The van der Waals surface area contributed by atoms with Crippen molar-refractivity contribution in [2.24, 2.45) is 0 Å². The van der Waals surface area contributed by atoms with Gasteiger partial charge >= 0.3 is 0 Å². The van der Waals surface area contributed by atoms with Gasteiger partial charge in [-0.05, 0) is 23.8 Å². The van der Waals surface area contributed by atoms with Crippen molar-refractivity contribution in [3.63, 3.8) is 0 Å². The second-order valence-corrected chi connectivity index (χ2v) is 6.54. The Balaban J connectivity index is 1.87. The van der Waals surface area contributed by atoms with Gasteiger partial charge in [-0.2, -0.15) is 0 Å². The van der Waals surface area contributed by atoms with Crippen LogP contribution in [0.3, 0.4) is 0 Å². The van der Waals surface area contributed by atoms with E-state index in [0.29, 0.717) is 11.3 Å². The predicted molar refractivity (Wildman–Crippen MR) is 77.4 cm³/mol. The molecule has 1 atom stereocenters. The molecule has 1 aliphatic heterocycles. The Hall–Kier alpha value is -1.89. The van der Waals surface area contributed by atoms with Crippen LogP contribution in [0.4, 0.5) is 0 Å². The number of hydrogen-bond acceptors (Lipinski definition) is 4. The lowest BCUT2D eigenvalue weighted by atomic mass is 10.1. The Bertz CT molecular complexity index is 758. The molecule has 0 bridgehead atoms. The third kappa shape index (κ3) is 2.78. The summed E-state index contributed by atoms with van der Waals surface area (Å²) in [7, 11) is -3.66. The Kier molecular flexibility index (Phi) is 3.67. The molecule has 0 spiro atoms. The Morgan fingerprint density at radius 3 is 2.81 bits per heavy atom. The monoisotopic (exact) mass is 305 g/mol. The van der Waals surface area contributed by atoms with Gasteiger partial charge in [-0.3, -0.25) is 0 Å². The van der Waals surface area contributed by atoms with Crippen LogP contribution in [0.5, 0.6) is 5.75 Å². The van der Waals surface area contributed by atoms with E-state index in [0.717, 1.165) is 5.56 Å². The van der Waals surface area contributed by atoms with Crippen molar-refractivity contribution in [1.82, 2.24) is 4.72 Å². The highest BCUT2D eigenvalue weighted by Gasteiger charge is 2.28. The second kappa shape index (κ2) is 5.48. The molecule has 1 heterocycles. The van der Waals surface area contributed by atoms with Crippen molar-refractivity contribution in [3.8, 4) is 5.75 Å². The van der Waals surface area contributed by atoms with Crippen LogP contribution in [-0.4, -0.2) is 20.1 Å². The Morgan fingerprint density at radius 1 is 1.19 bits per heavy atom. The number of ether oxygens (including phenoxy) is 1. The fraction of sp³-hybridized carbons (Fsp3) is 0.200. The third-order valence-electron chi connectivity index (χ3n) is 3.39. The van der Waals surface area contributed by atoms with Gasteiger partial charge in [-0.1, -0.05) is 30.3 Å². The summed E-state index contributed by atoms with van der Waals surface area (Å²) in [6.45, 7) is 0.0804. The van der Waals surface area contributed by atoms with Crippen molar-refractivity contribution in [1.29, 1.82) is 0 Å². The molecule has 0 saturated heterocycles. The fourth-order valence-corrected chi connectivity index (χ4v) is 3.60. The SMILES string of the molecule is O=S(=O)(NC1COc2ccccc21)c1cccc(CO)c1. The first-order valence-corrected chi connectivity index (χ1v) is 8.02. The highest BCUT2D eigenvalue weighted by atomic mass is 32.2. The molecule has 1 aliphatic rings. The number of para-hydroxylation sites is 1. The van der Waals surface area contributed by atoms with Gasteiger partial charge < -0.3 is 9.84 Å². The first-order chi connectivity index (χ1) is 10.1. The minimum atomic E-state index is -3.66. The van der Waals surface area contributed by atoms with Crippen LogP contribution < -0.4 is 9.46 Å². The first-order valence-electron chi connectivity index (χ1n) is 6.54. The fourth-order valence-electron chi connectivity index (χ4n) is 2.33. The number of fused-ring (bicyclic) bond motifs is 1. The minimum Gasteiger partial charge on any atom is -0.491 e. The molecule has 2 N–H and O–H groups in total. The molecule has 2 aromatic rings. The summed E-state index contributed by atoms with van der Waals surface area (Å²) in [5, 5.41) is 9.11. The maximum atomic E-state index is 12.4. The normalized spacial score (nSPS) is 17.3. The smallest absolute Gasteiger partial charge is 0.241 e. The lowest BCUT2D eigenvalue weighted by molar-refractivity contribution is 0.281. The van der Waals surface area contributed by atoms with Gasteiger partial charge in [0.2, 0.25) is 10.0 Å². The summed E-state index contributed by atoms with van der Waals surface area (Å²) in [6.07, 6.45) is 0. The Labute approximate surface area is 123 Å². The van der Waals surface area contributed by atoms with E-state index in [2.05, 4.69) is 4.72 Å². The third-order valence-corrected chi connectivity index (χ3v) is 4.86. The summed E-state index contributed by atoms with van der Waals surface area (Å²) >= 11 is 0. The molecule has 1 unspecified atom stereocenters. The van der Waals surface area contributed by atoms with Crippen molar-refractivity contribution in [2.75, 3.05) is 6.61 Å². The van der Waals surface area contributed by atoms with Crippen molar-refractivity contribution in [3.05, 3.63) is 59.7 Å². The number of sulfonamides is 1. The van der Waals surface area contributed by atoms with E-state index in [9.17, 15) is 8.42 Å². The van der Waals surface area contributed by atoms with Gasteiger partial charge in [0.1, 0.15) is 12.4 Å². The summed E-state index contributed by atoms with van der Waals surface area (Å²) in [5.74, 6) is 0.703. The van der Waals surface area contributed by atoms with E-state index in [4.69, 9.17) is 9.84 Å². The maximum absolute atomic E-state index is 12.4. The zero-order valence-electron chi connectivity index (χ0n) is 11.2. The summed E-state index contributed by atoms with van der Waals surface area (Å²) in [4.78, 5) is 0.137. The second-order valence-electron chi connectivity index (χ2n) is 4.83. The largest absolute Gasteiger partial charge is 0.491 e. The molecule has 2 aromatic carbocycles. The van der Waals surface area contributed by atoms with E-state index in [-0.39, 0.29) is 18.1 Å².